The molecule has 1 amide bonds. The minimum absolute atomic E-state index is 0.0103. The maximum atomic E-state index is 13.4. The van der Waals surface area contributed by atoms with Crippen molar-refractivity contribution in [1.29, 1.82) is 0 Å². The van der Waals surface area contributed by atoms with E-state index in [-0.39, 0.29) is 17.8 Å². The van der Waals surface area contributed by atoms with Crippen LogP contribution in [0.4, 0.5) is 15.9 Å². The van der Waals surface area contributed by atoms with Crippen molar-refractivity contribution in [3.8, 4) is 5.75 Å². The summed E-state index contributed by atoms with van der Waals surface area (Å²) in [5.41, 5.74) is 2.84. The molecule has 3 aromatic rings. The maximum Gasteiger partial charge on any atom is 0.243 e. The van der Waals surface area contributed by atoms with E-state index in [9.17, 15) is 9.18 Å². The molecule has 2 aliphatic heterocycles. The van der Waals surface area contributed by atoms with E-state index in [1.165, 1.54) is 44.7 Å². The van der Waals surface area contributed by atoms with Gasteiger partial charge in [0.1, 0.15) is 29.8 Å². The lowest BCUT2D eigenvalue weighted by atomic mass is 9.63. The van der Waals surface area contributed by atoms with E-state index >= 15 is 0 Å². The summed E-state index contributed by atoms with van der Waals surface area (Å²) in [7, 11) is 1.65. The van der Waals surface area contributed by atoms with Gasteiger partial charge in [-0.15, -0.1) is 0 Å². The van der Waals surface area contributed by atoms with E-state index in [1.54, 1.807) is 32.2 Å². The van der Waals surface area contributed by atoms with Crippen molar-refractivity contribution in [1.82, 2.24) is 20.2 Å². The van der Waals surface area contributed by atoms with Crippen molar-refractivity contribution >= 4 is 28.3 Å². The number of rotatable bonds is 7. The molecule has 0 radical (unpaired) electrons. The molecule has 3 heterocycles. The highest BCUT2D eigenvalue weighted by molar-refractivity contribution is 5.91. The average molecular weight is 534 g/mol. The number of hydrogen-bond donors (Lipinski definition) is 2. The molecule has 39 heavy (non-hydrogen) atoms. The number of fused-ring (bicyclic) bond motifs is 1. The van der Waals surface area contributed by atoms with E-state index in [0.29, 0.717) is 23.4 Å². The number of likely N-dealkylation sites (tertiary alicyclic amines) is 1. The highest BCUT2D eigenvalue weighted by Gasteiger charge is 2.46. The molecule has 3 fully saturated rings. The Labute approximate surface area is 228 Å². The molecule has 1 atom stereocenters. The molecule has 6 rings (SSSR count). The molecule has 8 nitrogen and oxygen atoms in total. The molecule has 9 heteroatoms. The van der Waals surface area contributed by atoms with Crippen LogP contribution < -0.4 is 15.4 Å². The van der Waals surface area contributed by atoms with E-state index < -0.39 is 0 Å². The Morgan fingerprint density at radius 2 is 2.08 bits per heavy atom. The zero-order valence-electron chi connectivity index (χ0n) is 22.6. The molecular weight excluding hydrogens is 497 g/mol. The number of benzene rings is 2. The summed E-state index contributed by atoms with van der Waals surface area (Å²) < 4.78 is 24.7. The Morgan fingerprint density at radius 1 is 1.23 bits per heavy atom. The van der Waals surface area contributed by atoms with Gasteiger partial charge in [0.2, 0.25) is 5.91 Å². The predicted molar refractivity (Wildman–Crippen MR) is 150 cm³/mol. The van der Waals surface area contributed by atoms with Crippen LogP contribution in [0.2, 0.25) is 0 Å². The van der Waals surface area contributed by atoms with Gasteiger partial charge in [-0.1, -0.05) is 12.5 Å². The first-order chi connectivity index (χ1) is 18.9. The van der Waals surface area contributed by atoms with E-state index in [2.05, 4.69) is 25.5 Å². The quantitative estimate of drug-likeness (QED) is 0.423. The summed E-state index contributed by atoms with van der Waals surface area (Å²) >= 11 is 0. The number of aryl methyl sites for hydroxylation is 1. The van der Waals surface area contributed by atoms with Crippen molar-refractivity contribution < 1.29 is 18.7 Å². The molecule has 1 unspecified atom stereocenters. The summed E-state index contributed by atoms with van der Waals surface area (Å²) in [6, 6.07) is 10.6. The van der Waals surface area contributed by atoms with Gasteiger partial charge in [-0.05, 0) is 61.1 Å². The maximum absolute atomic E-state index is 13.4. The first-order valence-corrected chi connectivity index (χ1v) is 13.6. The van der Waals surface area contributed by atoms with Crippen LogP contribution >= 0.6 is 0 Å². The van der Waals surface area contributed by atoms with Gasteiger partial charge in [0.25, 0.3) is 0 Å². The van der Waals surface area contributed by atoms with Crippen LogP contribution in [0, 0.1) is 18.2 Å². The van der Waals surface area contributed by atoms with Crippen LogP contribution in [0.15, 0.2) is 54.9 Å². The van der Waals surface area contributed by atoms with Crippen LogP contribution in [-0.2, 0) is 9.53 Å². The van der Waals surface area contributed by atoms with Gasteiger partial charge < -0.3 is 20.1 Å². The van der Waals surface area contributed by atoms with Crippen LogP contribution in [0.5, 0.6) is 5.75 Å². The Bertz CT molecular complexity index is 1330. The molecule has 2 N–H and O–H groups in total. The number of halogens is 1. The first-order valence-electron chi connectivity index (χ1n) is 13.6. The molecule has 3 aliphatic rings. The lowest BCUT2D eigenvalue weighted by Crippen LogP contribution is -2.59. The molecule has 0 bridgehead atoms. The SMILES string of the molecule is CNC(=O)/C=C/CN1CC2(CCC2)C1.Cc1cc(Nc2ncnc3cc(OC4CCOC4)ccc23)ccc1F. The molecule has 1 saturated carbocycles. The number of carbonyl (C=O) groups is 1. The molecule has 1 spiro atoms. The Balaban J connectivity index is 0.000000186. The van der Waals surface area contributed by atoms with Crippen LogP contribution in [0.3, 0.4) is 0 Å². The highest BCUT2D eigenvalue weighted by Crippen LogP contribution is 2.47. The van der Waals surface area contributed by atoms with Gasteiger partial charge >= 0.3 is 0 Å². The zero-order valence-corrected chi connectivity index (χ0v) is 22.6. The fourth-order valence-electron chi connectivity index (χ4n) is 5.28. The third-order valence-electron chi connectivity index (χ3n) is 7.63. The molecule has 2 saturated heterocycles. The van der Waals surface area contributed by atoms with Crippen molar-refractivity contribution in [3.05, 3.63) is 66.3 Å². The smallest absolute Gasteiger partial charge is 0.243 e. The zero-order chi connectivity index (χ0) is 27.2. The fraction of sp³-hybridized carbons (Fsp3) is 0.433. The summed E-state index contributed by atoms with van der Waals surface area (Å²) in [5.74, 6) is 1.21. The van der Waals surface area contributed by atoms with E-state index in [0.717, 1.165) is 41.9 Å². The molecule has 206 valence electrons. The minimum atomic E-state index is -0.226. The second-order valence-electron chi connectivity index (χ2n) is 10.6. The number of anilines is 2. The van der Waals surface area contributed by atoms with E-state index in [4.69, 9.17) is 9.47 Å². The number of likely N-dealkylation sites (N-methyl/N-ethyl adjacent to an activating group) is 1. The number of amides is 1. The number of nitrogens with one attached hydrogen (secondary N) is 2. The number of ether oxygens (including phenoxy) is 2. The normalized spacial score (nSPS) is 19.7. The third-order valence-corrected chi connectivity index (χ3v) is 7.63. The van der Waals surface area contributed by atoms with Crippen LogP contribution in [0.1, 0.15) is 31.2 Å². The Hall–Kier alpha value is -3.56. The summed E-state index contributed by atoms with van der Waals surface area (Å²) in [6.07, 6.45) is 10.3. The topological polar surface area (TPSA) is 88.6 Å². The molecule has 2 aromatic carbocycles. The van der Waals surface area contributed by atoms with Gasteiger partial charge in [-0.3, -0.25) is 9.69 Å². The second kappa shape index (κ2) is 12.1. The number of hydrogen-bond acceptors (Lipinski definition) is 7. The monoisotopic (exact) mass is 533 g/mol. The highest BCUT2D eigenvalue weighted by atomic mass is 19.1. The summed E-state index contributed by atoms with van der Waals surface area (Å²) in [5, 5.41) is 6.67. The summed E-state index contributed by atoms with van der Waals surface area (Å²) in [6.45, 7) is 6.50. The molecule has 1 aromatic heterocycles. The standard InChI is InChI=1S/C19H18FN3O2.C11H18N2O/c1-12-8-13(2-5-17(12)20)23-19-16-4-3-14(9-18(16)21-11-22-19)25-15-6-7-24-10-15;1-12-10(14)4-2-7-13-8-11(9-13)5-3-6-11/h2-5,8-9,11,15H,6-7,10H2,1H3,(H,21,22,23);2,4H,3,5-9H2,1H3,(H,12,14)/b;4-2+. The lowest BCUT2D eigenvalue weighted by molar-refractivity contribution is -0.116. The first kappa shape index (κ1) is 27.0. The predicted octanol–water partition coefficient (Wildman–Crippen LogP) is 4.76. The number of nitrogens with zero attached hydrogens (tertiary/aromatic N) is 3. The second-order valence-corrected chi connectivity index (χ2v) is 10.6. The largest absolute Gasteiger partial charge is 0.488 e. The van der Waals surface area contributed by atoms with Gasteiger partial charge in [-0.25, -0.2) is 14.4 Å². The van der Waals surface area contributed by atoms with Crippen LogP contribution in [-0.4, -0.2) is 66.8 Å². The van der Waals surface area contributed by atoms with Gasteiger partial charge in [-0.2, -0.15) is 0 Å². The number of carbonyl (C=O) groups excluding carboxylic acids is 1. The van der Waals surface area contributed by atoms with E-state index in [1.807, 2.05) is 24.3 Å². The third kappa shape index (κ3) is 6.72. The van der Waals surface area contributed by atoms with Gasteiger partial charge in [0.15, 0.2) is 0 Å². The van der Waals surface area contributed by atoms with Crippen molar-refractivity contribution in [2.75, 3.05) is 45.2 Å². The molecular formula is C30H36FN5O3. The lowest BCUT2D eigenvalue weighted by Gasteiger charge is -2.56. The fourth-order valence-corrected chi connectivity index (χ4v) is 5.28. The van der Waals surface area contributed by atoms with Gasteiger partial charge in [0.05, 0.1) is 18.7 Å². The van der Waals surface area contributed by atoms with Gasteiger partial charge in [0, 0.05) is 56.3 Å². The summed E-state index contributed by atoms with van der Waals surface area (Å²) in [4.78, 5) is 21.9. The number of aromatic nitrogens is 2. The Kier molecular flexibility index (Phi) is 8.38. The van der Waals surface area contributed by atoms with Crippen LogP contribution in [0.25, 0.3) is 10.9 Å². The van der Waals surface area contributed by atoms with Crippen molar-refractivity contribution in [2.45, 2.75) is 38.7 Å². The Morgan fingerprint density at radius 3 is 2.77 bits per heavy atom. The molecule has 1 aliphatic carbocycles. The average Bonchev–Trinajstić information content (AvgIpc) is 3.40. The van der Waals surface area contributed by atoms with Crippen molar-refractivity contribution in [3.63, 3.8) is 0 Å². The van der Waals surface area contributed by atoms with Crippen molar-refractivity contribution in [2.24, 2.45) is 5.41 Å². The minimum Gasteiger partial charge on any atom is -0.488 e.